The molecule has 3 nitrogen and oxygen atoms in total. The quantitative estimate of drug-likeness (QED) is 0.733. The molecule has 0 aromatic carbocycles. The van der Waals surface area contributed by atoms with E-state index in [-0.39, 0.29) is 0 Å². The smallest absolute Gasteiger partial charge is 0.223 e. The third kappa shape index (κ3) is 3.76. The van der Waals surface area contributed by atoms with Crippen LogP contribution in [-0.4, -0.2) is 53.8 Å². The summed E-state index contributed by atoms with van der Waals surface area (Å²) >= 11 is 3.33. The summed E-state index contributed by atoms with van der Waals surface area (Å²) in [4.78, 5) is 16.3. The number of halogens is 1. The fourth-order valence-corrected chi connectivity index (χ4v) is 2.48. The monoisotopic (exact) mass is 276 g/mol. The van der Waals surface area contributed by atoms with Crippen LogP contribution in [0.1, 0.15) is 26.2 Å². The molecule has 1 rings (SSSR count). The highest BCUT2D eigenvalue weighted by Crippen LogP contribution is 2.13. The fourth-order valence-electron chi connectivity index (χ4n) is 2.15. The van der Waals surface area contributed by atoms with Crippen molar-refractivity contribution in [3.63, 3.8) is 0 Å². The Morgan fingerprint density at radius 1 is 1.47 bits per heavy atom. The van der Waals surface area contributed by atoms with Gasteiger partial charge in [-0.25, -0.2) is 0 Å². The lowest BCUT2D eigenvalue weighted by atomic mass is 10.1. The minimum absolute atomic E-state index is 0.300. The predicted octanol–water partition coefficient (Wildman–Crippen LogP) is 1.71. The van der Waals surface area contributed by atoms with Gasteiger partial charge in [0, 0.05) is 30.9 Å². The van der Waals surface area contributed by atoms with Crippen LogP contribution in [0.15, 0.2) is 0 Å². The summed E-state index contributed by atoms with van der Waals surface area (Å²) in [6.45, 7) is 5.21. The van der Waals surface area contributed by atoms with Gasteiger partial charge in [0.1, 0.15) is 0 Å². The lowest BCUT2D eigenvalue weighted by Gasteiger charge is -2.30. The molecule has 1 atom stereocenters. The van der Waals surface area contributed by atoms with Crippen molar-refractivity contribution < 1.29 is 4.79 Å². The van der Waals surface area contributed by atoms with Crippen molar-refractivity contribution in [2.24, 2.45) is 0 Å². The van der Waals surface area contributed by atoms with Crippen LogP contribution in [0.5, 0.6) is 0 Å². The Hall–Kier alpha value is -0.0900. The molecule has 0 saturated carbocycles. The number of rotatable bonds is 3. The first-order valence-electron chi connectivity index (χ1n) is 5.73. The number of hydrogen-bond acceptors (Lipinski definition) is 2. The molecule has 0 radical (unpaired) electrons. The summed E-state index contributed by atoms with van der Waals surface area (Å²) in [5, 5.41) is 0.772. The average Bonchev–Trinajstić information content (AvgIpc) is 2.39. The summed E-state index contributed by atoms with van der Waals surface area (Å²) in [6.07, 6.45) is 2.78. The summed E-state index contributed by atoms with van der Waals surface area (Å²) in [6, 6.07) is 0.407. The highest BCUT2D eigenvalue weighted by atomic mass is 79.9. The minimum Gasteiger partial charge on any atom is -0.338 e. The predicted molar refractivity (Wildman–Crippen MR) is 66.3 cm³/mol. The molecular weight excluding hydrogens is 256 g/mol. The van der Waals surface area contributed by atoms with Crippen molar-refractivity contribution in [2.45, 2.75) is 32.2 Å². The number of likely N-dealkylation sites (N-methyl/N-ethyl adjacent to an activating group) is 1. The van der Waals surface area contributed by atoms with Crippen LogP contribution in [-0.2, 0) is 4.79 Å². The molecular formula is C11H21BrN2O. The van der Waals surface area contributed by atoms with Gasteiger partial charge in [-0.3, -0.25) is 4.79 Å². The van der Waals surface area contributed by atoms with Crippen molar-refractivity contribution in [2.75, 3.05) is 32.0 Å². The molecule has 0 aliphatic carbocycles. The van der Waals surface area contributed by atoms with Gasteiger partial charge in [-0.2, -0.15) is 0 Å². The van der Waals surface area contributed by atoms with Crippen molar-refractivity contribution >= 4 is 21.8 Å². The molecule has 0 bridgehead atoms. The van der Waals surface area contributed by atoms with E-state index in [1.807, 2.05) is 0 Å². The van der Waals surface area contributed by atoms with E-state index in [1.165, 1.54) is 0 Å². The third-order valence-electron chi connectivity index (χ3n) is 3.00. The summed E-state index contributed by atoms with van der Waals surface area (Å²) in [5.74, 6) is 0.300. The Morgan fingerprint density at radius 2 is 2.20 bits per heavy atom. The van der Waals surface area contributed by atoms with Gasteiger partial charge in [-0.05, 0) is 26.4 Å². The van der Waals surface area contributed by atoms with Crippen molar-refractivity contribution in [1.82, 2.24) is 9.80 Å². The second kappa shape index (κ2) is 6.48. The van der Waals surface area contributed by atoms with E-state index >= 15 is 0 Å². The normalized spacial score (nSPS) is 23.9. The Balaban J connectivity index is 2.62. The number of hydrogen-bond donors (Lipinski definition) is 0. The van der Waals surface area contributed by atoms with Crippen LogP contribution in [0, 0.1) is 0 Å². The first-order valence-corrected chi connectivity index (χ1v) is 6.85. The van der Waals surface area contributed by atoms with E-state index < -0.39 is 0 Å². The maximum atomic E-state index is 11.9. The average molecular weight is 277 g/mol. The Morgan fingerprint density at radius 3 is 2.80 bits per heavy atom. The highest BCUT2D eigenvalue weighted by molar-refractivity contribution is 9.09. The Kier molecular flexibility index (Phi) is 5.61. The lowest BCUT2D eigenvalue weighted by Crippen LogP contribution is -2.43. The van der Waals surface area contributed by atoms with E-state index in [9.17, 15) is 4.79 Å². The van der Waals surface area contributed by atoms with Crippen molar-refractivity contribution in [3.05, 3.63) is 0 Å². The fraction of sp³-hybridized carbons (Fsp3) is 0.909. The summed E-state index contributed by atoms with van der Waals surface area (Å²) < 4.78 is 0. The Labute approximate surface area is 101 Å². The molecule has 4 heteroatoms. The zero-order chi connectivity index (χ0) is 11.3. The van der Waals surface area contributed by atoms with Crippen molar-refractivity contribution in [3.8, 4) is 0 Å². The van der Waals surface area contributed by atoms with Gasteiger partial charge in [0.2, 0.25) is 5.91 Å². The highest BCUT2D eigenvalue weighted by Gasteiger charge is 2.25. The largest absolute Gasteiger partial charge is 0.338 e. The van der Waals surface area contributed by atoms with Crippen LogP contribution < -0.4 is 0 Å². The first kappa shape index (κ1) is 13.0. The molecule has 1 aliphatic heterocycles. The Bertz CT molecular complexity index is 211. The molecule has 1 fully saturated rings. The zero-order valence-electron chi connectivity index (χ0n) is 9.71. The van der Waals surface area contributed by atoms with Gasteiger partial charge in [0.05, 0.1) is 0 Å². The molecule has 1 unspecified atom stereocenters. The molecule has 0 N–H and O–H groups in total. The maximum absolute atomic E-state index is 11.9. The van der Waals surface area contributed by atoms with Crippen LogP contribution >= 0.6 is 15.9 Å². The molecule has 1 amide bonds. The standard InChI is InChI=1S/C11H21BrN2O/c1-3-10-9-13(2)7-4-8-14(10)11(15)5-6-12/h10H,3-9H2,1-2H3. The van der Waals surface area contributed by atoms with Gasteiger partial charge < -0.3 is 9.80 Å². The molecule has 0 spiro atoms. The SMILES string of the molecule is CCC1CN(C)CCCN1C(=O)CCBr. The minimum atomic E-state index is 0.300. The number of carbonyl (C=O) groups is 1. The number of alkyl halides is 1. The number of carbonyl (C=O) groups excluding carboxylic acids is 1. The van der Waals surface area contributed by atoms with Crippen LogP contribution in [0.3, 0.4) is 0 Å². The van der Waals surface area contributed by atoms with E-state index in [0.717, 1.165) is 37.8 Å². The number of nitrogens with zero attached hydrogens (tertiary/aromatic N) is 2. The van der Waals surface area contributed by atoms with Gasteiger partial charge in [-0.1, -0.05) is 22.9 Å². The van der Waals surface area contributed by atoms with Crippen molar-refractivity contribution in [1.29, 1.82) is 0 Å². The second-order valence-electron chi connectivity index (χ2n) is 4.20. The van der Waals surface area contributed by atoms with Crippen LogP contribution in [0.25, 0.3) is 0 Å². The topological polar surface area (TPSA) is 23.6 Å². The molecule has 0 aromatic rings. The molecule has 0 aromatic heterocycles. The van der Waals surface area contributed by atoms with E-state index in [0.29, 0.717) is 18.4 Å². The lowest BCUT2D eigenvalue weighted by molar-refractivity contribution is -0.132. The van der Waals surface area contributed by atoms with Gasteiger partial charge in [0.15, 0.2) is 0 Å². The first-order chi connectivity index (χ1) is 7.19. The third-order valence-corrected chi connectivity index (χ3v) is 3.40. The molecule has 1 saturated heterocycles. The zero-order valence-corrected chi connectivity index (χ0v) is 11.3. The molecule has 88 valence electrons. The number of amides is 1. The van der Waals surface area contributed by atoms with E-state index in [2.05, 4.69) is 39.7 Å². The molecule has 1 aliphatic rings. The van der Waals surface area contributed by atoms with Gasteiger partial charge in [0.25, 0.3) is 0 Å². The van der Waals surface area contributed by atoms with E-state index in [1.54, 1.807) is 0 Å². The summed E-state index contributed by atoms with van der Waals surface area (Å²) in [5.41, 5.74) is 0. The van der Waals surface area contributed by atoms with Gasteiger partial charge >= 0.3 is 0 Å². The second-order valence-corrected chi connectivity index (χ2v) is 5.00. The van der Waals surface area contributed by atoms with Crippen LogP contribution in [0.4, 0.5) is 0 Å². The van der Waals surface area contributed by atoms with E-state index in [4.69, 9.17) is 0 Å². The summed E-state index contributed by atoms with van der Waals surface area (Å²) in [7, 11) is 2.14. The van der Waals surface area contributed by atoms with Gasteiger partial charge in [-0.15, -0.1) is 0 Å². The maximum Gasteiger partial charge on any atom is 0.223 e. The molecule has 15 heavy (non-hydrogen) atoms. The molecule has 1 heterocycles. The van der Waals surface area contributed by atoms with Crippen LogP contribution in [0.2, 0.25) is 0 Å².